The highest BCUT2D eigenvalue weighted by atomic mass is 16.5. The maximum atomic E-state index is 12.7. The lowest BCUT2D eigenvalue weighted by atomic mass is 10.0. The molecule has 0 fully saturated rings. The third kappa shape index (κ3) is 4.35. The first-order chi connectivity index (χ1) is 13.1. The van der Waals surface area contributed by atoms with E-state index in [1.807, 2.05) is 61.5 Å². The summed E-state index contributed by atoms with van der Waals surface area (Å²) in [7, 11) is 5.64. The van der Waals surface area contributed by atoms with Crippen LogP contribution in [-0.2, 0) is 4.74 Å². The molecule has 142 valence electrons. The molecule has 1 amide bonds. The molecule has 0 aliphatic carbocycles. The van der Waals surface area contributed by atoms with E-state index in [0.29, 0.717) is 30.8 Å². The van der Waals surface area contributed by atoms with Gasteiger partial charge in [0.05, 0.1) is 28.9 Å². The molecular weight excluding hydrogens is 340 g/mol. The topological polar surface area (TPSA) is 66.5 Å². The Kier molecular flexibility index (Phi) is 6.21. The van der Waals surface area contributed by atoms with Crippen molar-refractivity contribution in [3.63, 3.8) is 0 Å². The van der Waals surface area contributed by atoms with Crippen LogP contribution in [0.5, 0.6) is 0 Å². The third-order valence-electron chi connectivity index (χ3n) is 4.41. The van der Waals surface area contributed by atoms with E-state index in [-0.39, 0.29) is 5.91 Å². The number of anilines is 1. The summed E-state index contributed by atoms with van der Waals surface area (Å²) >= 11 is 0. The van der Waals surface area contributed by atoms with Gasteiger partial charge in [0.2, 0.25) is 0 Å². The fourth-order valence-electron chi connectivity index (χ4n) is 3.05. The van der Waals surface area contributed by atoms with Crippen LogP contribution in [0.15, 0.2) is 42.5 Å². The lowest BCUT2D eigenvalue weighted by Gasteiger charge is -2.15. The van der Waals surface area contributed by atoms with Gasteiger partial charge in [-0.05, 0) is 26.2 Å². The second-order valence-corrected chi connectivity index (χ2v) is 6.68. The summed E-state index contributed by atoms with van der Waals surface area (Å²) in [6, 6.07) is 13.7. The molecule has 3 rings (SSSR count). The van der Waals surface area contributed by atoms with E-state index >= 15 is 0 Å². The first kappa shape index (κ1) is 19.1. The average Bonchev–Trinajstić information content (AvgIpc) is 2.66. The molecule has 6 heteroatoms. The van der Waals surface area contributed by atoms with Crippen LogP contribution in [0.3, 0.4) is 0 Å². The third-order valence-corrected chi connectivity index (χ3v) is 4.41. The van der Waals surface area contributed by atoms with E-state index in [1.165, 1.54) is 0 Å². The minimum atomic E-state index is -0.104. The van der Waals surface area contributed by atoms with Gasteiger partial charge >= 0.3 is 0 Å². The van der Waals surface area contributed by atoms with Crippen molar-refractivity contribution in [3.05, 3.63) is 48.0 Å². The summed E-state index contributed by atoms with van der Waals surface area (Å²) in [6.07, 6.45) is 0. The van der Waals surface area contributed by atoms with Crippen LogP contribution in [0.2, 0.25) is 0 Å². The number of nitrogens with zero attached hydrogens (tertiary/aromatic N) is 2. The molecule has 27 heavy (non-hydrogen) atoms. The molecule has 3 aromatic rings. The normalized spacial score (nSPS) is 11.3. The summed E-state index contributed by atoms with van der Waals surface area (Å²) in [5, 5.41) is 8.40. The van der Waals surface area contributed by atoms with Crippen LogP contribution in [0, 0.1) is 0 Å². The molecular formula is C21H26N4O2. The highest BCUT2D eigenvalue weighted by molar-refractivity contribution is 6.14. The van der Waals surface area contributed by atoms with Gasteiger partial charge in [0.25, 0.3) is 5.91 Å². The van der Waals surface area contributed by atoms with Gasteiger partial charge in [0.1, 0.15) is 0 Å². The Hall–Kier alpha value is -2.70. The van der Waals surface area contributed by atoms with Crippen molar-refractivity contribution < 1.29 is 9.53 Å². The molecule has 1 aromatic heterocycles. The molecule has 2 aromatic carbocycles. The van der Waals surface area contributed by atoms with E-state index in [9.17, 15) is 4.79 Å². The van der Waals surface area contributed by atoms with Crippen molar-refractivity contribution >= 4 is 33.4 Å². The summed E-state index contributed by atoms with van der Waals surface area (Å²) in [5.41, 5.74) is 3.14. The highest BCUT2D eigenvalue weighted by Gasteiger charge is 2.15. The van der Waals surface area contributed by atoms with Crippen LogP contribution >= 0.6 is 0 Å². The van der Waals surface area contributed by atoms with E-state index in [1.54, 1.807) is 7.11 Å². The average molecular weight is 366 g/mol. The van der Waals surface area contributed by atoms with Gasteiger partial charge in [-0.1, -0.05) is 30.3 Å². The Bertz CT molecular complexity index is 940. The van der Waals surface area contributed by atoms with Crippen LogP contribution in [0.25, 0.3) is 21.8 Å². The molecule has 2 N–H and O–H groups in total. The van der Waals surface area contributed by atoms with Crippen LogP contribution in [0.1, 0.15) is 10.4 Å². The zero-order valence-electron chi connectivity index (χ0n) is 16.1. The monoisotopic (exact) mass is 366 g/mol. The van der Waals surface area contributed by atoms with Gasteiger partial charge < -0.3 is 20.3 Å². The summed E-state index contributed by atoms with van der Waals surface area (Å²) in [6.45, 7) is 2.66. The molecule has 1 heterocycles. The Morgan fingerprint density at radius 1 is 1.07 bits per heavy atom. The van der Waals surface area contributed by atoms with Gasteiger partial charge in [-0.2, -0.15) is 0 Å². The Labute approximate surface area is 159 Å². The quantitative estimate of drug-likeness (QED) is 0.474. The molecule has 0 saturated heterocycles. The summed E-state index contributed by atoms with van der Waals surface area (Å²) in [4.78, 5) is 19.6. The van der Waals surface area contributed by atoms with Crippen LogP contribution in [-0.4, -0.2) is 63.2 Å². The van der Waals surface area contributed by atoms with E-state index in [2.05, 4.69) is 10.6 Å². The first-order valence-corrected chi connectivity index (χ1v) is 9.09. The Morgan fingerprint density at radius 2 is 1.85 bits per heavy atom. The van der Waals surface area contributed by atoms with Crippen molar-refractivity contribution in [3.8, 4) is 0 Å². The number of fused-ring (bicyclic) bond motifs is 2. The van der Waals surface area contributed by atoms with Gasteiger partial charge in [-0.3, -0.25) is 4.79 Å². The number of likely N-dealkylation sites (N-methyl/N-ethyl adjacent to an activating group) is 1. The number of carbonyl (C=O) groups is 1. The van der Waals surface area contributed by atoms with Crippen molar-refractivity contribution in [2.45, 2.75) is 0 Å². The molecule has 0 saturated carbocycles. The predicted octanol–water partition coefficient (Wildman–Crippen LogP) is 2.74. The van der Waals surface area contributed by atoms with Gasteiger partial charge in [0.15, 0.2) is 0 Å². The van der Waals surface area contributed by atoms with Crippen LogP contribution in [0.4, 0.5) is 5.69 Å². The van der Waals surface area contributed by atoms with Crippen LogP contribution < -0.4 is 10.6 Å². The van der Waals surface area contributed by atoms with E-state index < -0.39 is 0 Å². The number of ether oxygens (including phenoxy) is 1. The maximum absolute atomic E-state index is 12.7. The molecule has 0 spiro atoms. The minimum absolute atomic E-state index is 0.104. The first-order valence-electron chi connectivity index (χ1n) is 9.09. The van der Waals surface area contributed by atoms with Gasteiger partial charge in [0, 0.05) is 37.5 Å². The maximum Gasteiger partial charge on any atom is 0.253 e. The number of benzene rings is 2. The Morgan fingerprint density at radius 3 is 2.63 bits per heavy atom. The fraction of sp³-hybridized carbons (Fsp3) is 0.333. The molecule has 0 aliphatic rings. The zero-order chi connectivity index (χ0) is 19.2. The van der Waals surface area contributed by atoms with Crippen molar-refractivity contribution in [2.24, 2.45) is 0 Å². The number of hydrogen-bond acceptors (Lipinski definition) is 5. The lowest BCUT2D eigenvalue weighted by molar-refractivity contribution is 0.0952. The van der Waals surface area contributed by atoms with Gasteiger partial charge in [-0.15, -0.1) is 0 Å². The second-order valence-electron chi connectivity index (χ2n) is 6.68. The van der Waals surface area contributed by atoms with Gasteiger partial charge in [-0.25, -0.2) is 4.98 Å². The molecule has 0 unspecified atom stereocenters. The summed E-state index contributed by atoms with van der Waals surface area (Å²) < 4.78 is 5.17. The van der Waals surface area contributed by atoms with E-state index in [4.69, 9.17) is 9.72 Å². The fourth-order valence-corrected chi connectivity index (χ4v) is 3.05. The number of nitrogens with one attached hydrogen (secondary N) is 2. The molecule has 0 radical (unpaired) electrons. The van der Waals surface area contributed by atoms with Crippen molar-refractivity contribution in [1.82, 2.24) is 15.2 Å². The standard InChI is InChI=1S/C21H26N4O2/c1-25(2)13-11-23-21(26)17-9-6-8-16-19(22-12-14-27-3)15-7-4-5-10-18(15)24-20(16)17/h4-10H,11-14H2,1-3H3,(H,22,24)(H,23,26). The van der Waals surface area contributed by atoms with E-state index in [0.717, 1.165) is 28.5 Å². The highest BCUT2D eigenvalue weighted by Crippen LogP contribution is 2.32. The smallest absolute Gasteiger partial charge is 0.253 e. The number of carbonyl (C=O) groups excluding carboxylic acids is 1. The Balaban J connectivity index is 2.05. The zero-order valence-corrected chi connectivity index (χ0v) is 16.1. The molecule has 0 bridgehead atoms. The largest absolute Gasteiger partial charge is 0.383 e. The number of amides is 1. The molecule has 0 atom stereocenters. The number of pyridine rings is 1. The number of hydrogen-bond donors (Lipinski definition) is 2. The number of methoxy groups -OCH3 is 1. The number of para-hydroxylation sites is 2. The number of aromatic nitrogens is 1. The van der Waals surface area contributed by atoms with Crippen molar-refractivity contribution in [2.75, 3.05) is 52.8 Å². The minimum Gasteiger partial charge on any atom is -0.383 e. The van der Waals surface area contributed by atoms with Crippen molar-refractivity contribution in [1.29, 1.82) is 0 Å². The SMILES string of the molecule is COCCNc1c2ccccc2nc2c(C(=O)NCCN(C)C)cccc12. The molecule has 6 nitrogen and oxygen atoms in total. The summed E-state index contributed by atoms with van der Waals surface area (Å²) in [5.74, 6) is -0.104. The molecule has 0 aliphatic heterocycles. The lowest BCUT2D eigenvalue weighted by Crippen LogP contribution is -2.31. The second kappa shape index (κ2) is 8.79. The number of rotatable bonds is 8. The predicted molar refractivity (Wildman–Crippen MR) is 111 cm³/mol.